The van der Waals surface area contributed by atoms with E-state index in [-0.39, 0.29) is 0 Å². The van der Waals surface area contributed by atoms with E-state index in [0.717, 1.165) is 23.7 Å². The number of fused-ring (bicyclic) bond motifs is 5. The maximum absolute atomic E-state index is 2.51. The van der Waals surface area contributed by atoms with Crippen LogP contribution in [0.15, 0.2) is 35.5 Å². The van der Waals surface area contributed by atoms with E-state index in [9.17, 15) is 0 Å². The van der Waals surface area contributed by atoms with E-state index in [1.54, 1.807) is 5.57 Å². The minimum Gasteiger partial charge on any atom is -0.0767 e. The molecule has 2 saturated carbocycles. The molecule has 0 heterocycles. The highest BCUT2D eigenvalue weighted by Crippen LogP contribution is 2.54. The molecule has 4 rings (SSSR count). The fraction of sp³-hybridized carbons (Fsp3) is 0.667. The van der Waals surface area contributed by atoms with Crippen LogP contribution in [-0.4, -0.2) is 0 Å². The van der Waals surface area contributed by atoms with Gasteiger partial charge in [-0.3, -0.25) is 0 Å². The standard InChI is InChI=1S/C18H24/c1-2-8-14-13(7-1)15-9-3-4-11-17(15)18-12-6-5-10-16(14)18/h1-2,7-8,13,15,17-18H,3-6,9-12H2/t13-,15-,17+,18-/m0/s1. The Morgan fingerprint density at radius 2 is 1.67 bits per heavy atom. The van der Waals surface area contributed by atoms with Gasteiger partial charge in [-0.15, -0.1) is 0 Å². The van der Waals surface area contributed by atoms with Gasteiger partial charge in [0.15, 0.2) is 0 Å². The molecule has 0 aromatic heterocycles. The summed E-state index contributed by atoms with van der Waals surface area (Å²) in [6.45, 7) is 0. The fourth-order valence-corrected chi connectivity index (χ4v) is 5.26. The average Bonchev–Trinajstić information content (AvgIpc) is 2.48. The van der Waals surface area contributed by atoms with Crippen molar-refractivity contribution in [3.05, 3.63) is 35.5 Å². The lowest BCUT2D eigenvalue weighted by atomic mass is 9.56. The molecule has 0 unspecified atom stereocenters. The van der Waals surface area contributed by atoms with Crippen LogP contribution in [0.1, 0.15) is 51.4 Å². The van der Waals surface area contributed by atoms with Gasteiger partial charge in [-0.1, -0.05) is 49.1 Å². The third kappa shape index (κ3) is 1.57. The monoisotopic (exact) mass is 240 g/mol. The molecule has 0 heteroatoms. The summed E-state index contributed by atoms with van der Waals surface area (Å²) in [4.78, 5) is 0. The van der Waals surface area contributed by atoms with Crippen molar-refractivity contribution in [2.75, 3.05) is 0 Å². The Morgan fingerprint density at radius 3 is 2.61 bits per heavy atom. The lowest BCUT2D eigenvalue weighted by Gasteiger charge is -2.49. The van der Waals surface area contributed by atoms with Crippen LogP contribution >= 0.6 is 0 Å². The zero-order chi connectivity index (χ0) is 11.9. The number of allylic oxidation sites excluding steroid dienone is 6. The van der Waals surface area contributed by atoms with Crippen LogP contribution in [0.4, 0.5) is 0 Å². The molecule has 0 bridgehead atoms. The fourth-order valence-electron chi connectivity index (χ4n) is 5.26. The van der Waals surface area contributed by atoms with Crippen molar-refractivity contribution in [2.45, 2.75) is 51.4 Å². The number of rotatable bonds is 0. The second-order valence-corrected chi connectivity index (χ2v) is 6.71. The predicted octanol–water partition coefficient (Wildman–Crippen LogP) is 5.04. The molecule has 2 fully saturated rings. The van der Waals surface area contributed by atoms with E-state index >= 15 is 0 Å². The van der Waals surface area contributed by atoms with Gasteiger partial charge in [-0.2, -0.15) is 0 Å². The molecule has 0 radical (unpaired) electrons. The number of hydrogen-bond acceptors (Lipinski definition) is 0. The van der Waals surface area contributed by atoms with Crippen molar-refractivity contribution < 1.29 is 0 Å². The summed E-state index contributed by atoms with van der Waals surface area (Å²) >= 11 is 0. The van der Waals surface area contributed by atoms with E-state index in [1.165, 1.54) is 51.4 Å². The Kier molecular flexibility index (Phi) is 2.71. The van der Waals surface area contributed by atoms with Crippen LogP contribution < -0.4 is 0 Å². The highest BCUT2D eigenvalue weighted by Gasteiger charge is 2.43. The summed E-state index contributed by atoms with van der Waals surface area (Å²) in [7, 11) is 0. The molecule has 4 aliphatic carbocycles. The molecule has 0 aromatic rings. The van der Waals surface area contributed by atoms with Crippen LogP contribution in [0.2, 0.25) is 0 Å². The van der Waals surface area contributed by atoms with Gasteiger partial charge >= 0.3 is 0 Å². The van der Waals surface area contributed by atoms with Gasteiger partial charge in [0.25, 0.3) is 0 Å². The van der Waals surface area contributed by atoms with Gasteiger partial charge in [0.2, 0.25) is 0 Å². The average molecular weight is 240 g/mol. The van der Waals surface area contributed by atoms with Gasteiger partial charge in [-0.25, -0.2) is 0 Å². The molecule has 96 valence electrons. The molecule has 0 nitrogen and oxygen atoms in total. The molecule has 0 amide bonds. The molecule has 0 aromatic carbocycles. The van der Waals surface area contributed by atoms with Crippen molar-refractivity contribution in [2.24, 2.45) is 23.7 Å². The first-order valence-electron chi connectivity index (χ1n) is 8.03. The molecule has 0 N–H and O–H groups in total. The molecular formula is C18H24. The smallest absolute Gasteiger partial charge is 0.00518 e. The van der Waals surface area contributed by atoms with Crippen LogP contribution in [0.25, 0.3) is 0 Å². The third-order valence-electron chi connectivity index (χ3n) is 5.95. The molecule has 0 spiro atoms. The lowest BCUT2D eigenvalue weighted by molar-refractivity contribution is 0.119. The van der Waals surface area contributed by atoms with Crippen molar-refractivity contribution in [3.63, 3.8) is 0 Å². The van der Waals surface area contributed by atoms with E-state index < -0.39 is 0 Å². The van der Waals surface area contributed by atoms with Gasteiger partial charge < -0.3 is 0 Å². The SMILES string of the molecule is C1=CC2=C3CCCC[C@@H]3[C@@H]3CCCC[C@H]3[C@H]2C=C1. The van der Waals surface area contributed by atoms with Gasteiger partial charge in [0.1, 0.15) is 0 Å². The van der Waals surface area contributed by atoms with Crippen molar-refractivity contribution in [3.8, 4) is 0 Å². The zero-order valence-corrected chi connectivity index (χ0v) is 11.3. The lowest BCUT2D eigenvalue weighted by Crippen LogP contribution is -2.39. The number of hydrogen-bond donors (Lipinski definition) is 0. The van der Waals surface area contributed by atoms with Crippen LogP contribution in [0.3, 0.4) is 0 Å². The van der Waals surface area contributed by atoms with E-state index in [2.05, 4.69) is 24.3 Å². The maximum Gasteiger partial charge on any atom is 0.00518 e. The first-order valence-corrected chi connectivity index (χ1v) is 8.03. The minimum absolute atomic E-state index is 0.782. The summed E-state index contributed by atoms with van der Waals surface area (Å²) in [5.74, 6) is 3.75. The molecule has 4 atom stereocenters. The predicted molar refractivity (Wildman–Crippen MR) is 76.2 cm³/mol. The van der Waals surface area contributed by atoms with E-state index in [0.29, 0.717) is 0 Å². The largest absolute Gasteiger partial charge is 0.0767 e. The van der Waals surface area contributed by atoms with Gasteiger partial charge in [0.05, 0.1) is 0 Å². The summed E-state index contributed by atoms with van der Waals surface area (Å²) < 4.78 is 0. The molecule has 18 heavy (non-hydrogen) atoms. The third-order valence-corrected chi connectivity index (χ3v) is 5.95. The molecule has 0 aliphatic heterocycles. The second kappa shape index (κ2) is 4.40. The van der Waals surface area contributed by atoms with Gasteiger partial charge in [-0.05, 0) is 55.4 Å². The first kappa shape index (κ1) is 11.1. The normalized spacial score (nSPS) is 42.2. The maximum atomic E-state index is 2.51. The van der Waals surface area contributed by atoms with Crippen LogP contribution in [0.5, 0.6) is 0 Å². The summed E-state index contributed by atoms with van der Waals surface area (Å²) in [6.07, 6.45) is 21.3. The van der Waals surface area contributed by atoms with Crippen LogP contribution in [-0.2, 0) is 0 Å². The summed E-state index contributed by atoms with van der Waals surface area (Å²) in [6, 6.07) is 0. The van der Waals surface area contributed by atoms with E-state index in [1.807, 2.05) is 5.57 Å². The molecule has 4 aliphatic rings. The van der Waals surface area contributed by atoms with Crippen molar-refractivity contribution in [1.82, 2.24) is 0 Å². The Hall–Kier alpha value is -0.780. The van der Waals surface area contributed by atoms with Crippen LogP contribution in [0, 0.1) is 23.7 Å². The minimum atomic E-state index is 0.782. The first-order chi connectivity index (χ1) is 8.95. The Labute approximate surface area is 111 Å². The Balaban J connectivity index is 1.80. The van der Waals surface area contributed by atoms with Crippen molar-refractivity contribution >= 4 is 0 Å². The van der Waals surface area contributed by atoms with Crippen molar-refractivity contribution in [1.29, 1.82) is 0 Å². The Bertz CT molecular complexity index is 423. The molecular weight excluding hydrogens is 216 g/mol. The summed E-state index contributed by atoms with van der Waals surface area (Å²) in [5, 5.41) is 0. The van der Waals surface area contributed by atoms with E-state index in [4.69, 9.17) is 0 Å². The summed E-state index contributed by atoms with van der Waals surface area (Å²) in [5.41, 5.74) is 3.61. The molecule has 0 saturated heterocycles. The quantitative estimate of drug-likeness (QED) is 0.556. The Morgan fingerprint density at radius 1 is 0.833 bits per heavy atom. The highest BCUT2D eigenvalue weighted by molar-refractivity contribution is 5.41. The second-order valence-electron chi connectivity index (χ2n) is 6.71. The highest BCUT2D eigenvalue weighted by atomic mass is 14.5. The van der Waals surface area contributed by atoms with Gasteiger partial charge in [0, 0.05) is 5.92 Å². The topological polar surface area (TPSA) is 0 Å². The zero-order valence-electron chi connectivity index (χ0n) is 11.3.